The summed E-state index contributed by atoms with van der Waals surface area (Å²) in [6.45, 7) is 0. The highest BCUT2D eigenvalue weighted by Crippen LogP contribution is 2.39. The van der Waals surface area contributed by atoms with Gasteiger partial charge in [-0.05, 0) is 69.8 Å². The summed E-state index contributed by atoms with van der Waals surface area (Å²) in [7, 11) is 2.17. The monoisotopic (exact) mass is 485 g/mol. The molecule has 180 valence electrons. The zero-order chi connectivity index (χ0) is 25.7. The van der Waals surface area contributed by atoms with Gasteiger partial charge in [-0.1, -0.05) is 127 Å². The number of para-hydroxylation sites is 1. The molecule has 0 fully saturated rings. The van der Waals surface area contributed by atoms with Gasteiger partial charge in [0, 0.05) is 17.1 Å². The molecule has 0 saturated heterocycles. The van der Waals surface area contributed by atoms with E-state index in [1.807, 2.05) is 0 Å². The van der Waals surface area contributed by atoms with E-state index in [2.05, 4.69) is 170 Å². The van der Waals surface area contributed by atoms with Crippen LogP contribution in [0.5, 0.6) is 0 Å². The molecule has 0 spiro atoms. The van der Waals surface area contributed by atoms with Crippen LogP contribution in [0, 0.1) is 0 Å². The second-order valence-electron chi connectivity index (χ2n) is 9.50. The number of hydrogen-bond acceptors (Lipinski definition) is 1. The lowest BCUT2D eigenvalue weighted by Crippen LogP contribution is -2.11. The average molecular weight is 485 g/mol. The average Bonchev–Trinajstić information content (AvgIpc) is 2.99. The summed E-state index contributed by atoms with van der Waals surface area (Å²) >= 11 is 0. The lowest BCUT2D eigenvalue weighted by Gasteiger charge is -2.27. The van der Waals surface area contributed by atoms with Gasteiger partial charge in [0.1, 0.15) is 7.85 Å². The fourth-order valence-electron chi connectivity index (χ4n) is 5.15. The van der Waals surface area contributed by atoms with E-state index in [1.165, 1.54) is 38.8 Å². The van der Waals surface area contributed by atoms with E-state index >= 15 is 0 Å². The Bertz CT molecular complexity index is 1680. The maximum atomic E-state index is 2.34. The number of nitrogens with zero attached hydrogens (tertiary/aromatic N) is 1. The summed E-state index contributed by atoms with van der Waals surface area (Å²) in [5.74, 6) is 0. The Kier molecular flexibility index (Phi) is 6.61. The van der Waals surface area contributed by atoms with Gasteiger partial charge in [0.15, 0.2) is 0 Å². The second-order valence-corrected chi connectivity index (χ2v) is 9.50. The molecule has 6 aromatic rings. The predicted octanol–water partition coefficient (Wildman–Crippen LogP) is 8.42. The second kappa shape index (κ2) is 10.7. The van der Waals surface area contributed by atoms with Crippen LogP contribution in [0.15, 0.2) is 158 Å². The van der Waals surface area contributed by atoms with Crippen LogP contribution < -0.4 is 10.4 Å². The number of anilines is 3. The first kappa shape index (κ1) is 23.6. The smallest absolute Gasteiger partial charge is 0.140 e. The van der Waals surface area contributed by atoms with Gasteiger partial charge in [0.25, 0.3) is 0 Å². The van der Waals surface area contributed by atoms with E-state index in [0.29, 0.717) is 0 Å². The van der Waals surface area contributed by atoms with Crippen molar-refractivity contribution in [2.24, 2.45) is 0 Å². The van der Waals surface area contributed by atoms with Crippen LogP contribution in [0.25, 0.3) is 33.4 Å². The van der Waals surface area contributed by atoms with Gasteiger partial charge in [0.05, 0.1) is 0 Å². The van der Waals surface area contributed by atoms with Crippen LogP contribution in [-0.2, 0) is 0 Å². The molecule has 0 unspecified atom stereocenters. The number of benzene rings is 6. The van der Waals surface area contributed by atoms with Crippen LogP contribution in [0.2, 0.25) is 0 Å². The Hall–Kier alpha value is -4.82. The van der Waals surface area contributed by atoms with E-state index in [9.17, 15) is 0 Å². The molecule has 0 atom stereocenters. The van der Waals surface area contributed by atoms with Crippen LogP contribution in [0.4, 0.5) is 17.1 Å². The third-order valence-corrected chi connectivity index (χ3v) is 7.00. The van der Waals surface area contributed by atoms with Gasteiger partial charge < -0.3 is 4.90 Å². The van der Waals surface area contributed by atoms with Gasteiger partial charge >= 0.3 is 0 Å². The van der Waals surface area contributed by atoms with Gasteiger partial charge in [-0.3, -0.25) is 0 Å². The molecule has 0 amide bonds. The SMILES string of the molecule is Bc1ccccc1-c1cccc(N(c2ccccc2)c2cccc(-c3ccccc3-c3ccccc3)c2)c1. The molecular weight excluding hydrogens is 457 g/mol. The first-order chi connectivity index (χ1) is 18.8. The molecule has 0 N–H and O–H groups in total. The van der Waals surface area contributed by atoms with Gasteiger partial charge in [-0.25, -0.2) is 0 Å². The summed E-state index contributed by atoms with van der Waals surface area (Å²) < 4.78 is 0. The first-order valence-electron chi connectivity index (χ1n) is 13.0. The van der Waals surface area contributed by atoms with E-state index in [0.717, 1.165) is 17.1 Å². The van der Waals surface area contributed by atoms with Crippen molar-refractivity contribution in [3.05, 3.63) is 158 Å². The van der Waals surface area contributed by atoms with Crippen molar-refractivity contribution >= 4 is 30.4 Å². The fraction of sp³-hybridized carbons (Fsp3) is 0. The van der Waals surface area contributed by atoms with E-state index in [1.54, 1.807) is 0 Å². The Balaban J connectivity index is 1.49. The molecule has 0 radical (unpaired) electrons. The molecule has 0 aromatic heterocycles. The van der Waals surface area contributed by atoms with Crippen molar-refractivity contribution < 1.29 is 0 Å². The normalized spacial score (nSPS) is 10.7. The molecule has 2 heteroatoms. The third kappa shape index (κ3) is 4.77. The molecule has 0 aliphatic heterocycles. The molecule has 0 bridgehead atoms. The molecule has 0 saturated carbocycles. The summed E-state index contributed by atoms with van der Waals surface area (Å²) in [5, 5.41) is 0. The molecule has 0 aliphatic rings. The first-order valence-corrected chi connectivity index (χ1v) is 13.0. The van der Waals surface area contributed by atoms with Gasteiger partial charge in [0.2, 0.25) is 0 Å². The number of rotatable bonds is 6. The molecule has 6 aromatic carbocycles. The Morgan fingerprint density at radius 1 is 0.342 bits per heavy atom. The minimum atomic E-state index is 1.12. The Morgan fingerprint density at radius 2 is 0.763 bits per heavy atom. The minimum Gasteiger partial charge on any atom is -0.310 e. The molecular formula is C36H28BN. The van der Waals surface area contributed by atoms with Crippen LogP contribution in [-0.4, -0.2) is 7.85 Å². The van der Waals surface area contributed by atoms with E-state index < -0.39 is 0 Å². The quantitative estimate of drug-likeness (QED) is 0.214. The third-order valence-electron chi connectivity index (χ3n) is 7.00. The van der Waals surface area contributed by atoms with Crippen molar-refractivity contribution in [3.63, 3.8) is 0 Å². The molecule has 1 nitrogen and oxygen atoms in total. The molecule has 38 heavy (non-hydrogen) atoms. The van der Waals surface area contributed by atoms with Crippen molar-refractivity contribution in [1.29, 1.82) is 0 Å². The maximum Gasteiger partial charge on any atom is 0.140 e. The lowest BCUT2D eigenvalue weighted by molar-refractivity contribution is 1.28. The van der Waals surface area contributed by atoms with E-state index in [-0.39, 0.29) is 0 Å². The van der Waals surface area contributed by atoms with Gasteiger partial charge in [-0.15, -0.1) is 0 Å². The highest BCUT2D eigenvalue weighted by atomic mass is 15.1. The lowest BCUT2D eigenvalue weighted by atomic mass is 9.87. The topological polar surface area (TPSA) is 3.24 Å². The Morgan fingerprint density at radius 3 is 1.37 bits per heavy atom. The van der Waals surface area contributed by atoms with Crippen molar-refractivity contribution in [2.45, 2.75) is 0 Å². The number of hydrogen-bond donors (Lipinski definition) is 0. The summed E-state index contributed by atoms with van der Waals surface area (Å²) in [6, 6.07) is 56.2. The molecule has 6 rings (SSSR count). The van der Waals surface area contributed by atoms with E-state index in [4.69, 9.17) is 0 Å². The molecule has 0 heterocycles. The highest BCUT2D eigenvalue weighted by molar-refractivity contribution is 6.35. The van der Waals surface area contributed by atoms with Crippen molar-refractivity contribution in [3.8, 4) is 33.4 Å². The van der Waals surface area contributed by atoms with Crippen LogP contribution >= 0.6 is 0 Å². The summed E-state index contributed by atoms with van der Waals surface area (Å²) in [6.07, 6.45) is 0. The van der Waals surface area contributed by atoms with Crippen LogP contribution in [0.3, 0.4) is 0 Å². The van der Waals surface area contributed by atoms with Crippen molar-refractivity contribution in [1.82, 2.24) is 0 Å². The largest absolute Gasteiger partial charge is 0.310 e. The fourth-order valence-corrected chi connectivity index (χ4v) is 5.15. The summed E-state index contributed by atoms with van der Waals surface area (Å²) in [5.41, 5.74) is 12.0. The predicted molar refractivity (Wildman–Crippen MR) is 166 cm³/mol. The minimum absolute atomic E-state index is 1.12. The van der Waals surface area contributed by atoms with Gasteiger partial charge in [-0.2, -0.15) is 0 Å². The highest BCUT2D eigenvalue weighted by Gasteiger charge is 2.15. The standard InChI is InChI=1S/C36H28BN/c37-36-24-10-9-23-35(36)29-16-12-20-32(26-29)38(30-17-5-2-6-18-30)31-19-11-15-28(25-31)34-22-8-7-21-33(34)27-13-3-1-4-14-27/h1-26H,37H2. The van der Waals surface area contributed by atoms with Crippen LogP contribution in [0.1, 0.15) is 0 Å². The molecule has 0 aliphatic carbocycles. The zero-order valence-electron chi connectivity index (χ0n) is 21.5. The maximum absolute atomic E-state index is 2.34. The zero-order valence-corrected chi connectivity index (χ0v) is 21.5. The summed E-state index contributed by atoms with van der Waals surface area (Å²) in [4.78, 5) is 2.34. The van der Waals surface area contributed by atoms with Crippen molar-refractivity contribution in [2.75, 3.05) is 4.90 Å². The Labute approximate surface area is 226 Å².